The highest BCUT2D eigenvalue weighted by Gasteiger charge is 2.15. The largest absolute Gasteiger partial charge is 0.271 e. The van der Waals surface area contributed by atoms with Crippen LogP contribution in [0.15, 0.2) is 42.7 Å². The lowest BCUT2D eigenvalue weighted by Crippen LogP contribution is -2.22. The van der Waals surface area contributed by atoms with E-state index in [0.717, 1.165) is 0 Å². The number of nitro groups is 1. The summed E-state index contributed by atoms with van der Waals surface area (Å²) < 4.78 is 2.14. The highest BCUT2D eigenvalue weighted by Crippen LogP contribution is 2.19. The minimum absolute atomic E-state index is 0.104. The van der Waals surface area contributed by atoms with Gasteiger partial charge in [-0.25, -0.2) is 0 Å². The van der Waals surface area contributed by atoms with Crippen molar-refractivity contribution in [1.82, 2.24) is 4.68 Å². The third-order valence-corrected chi connectivity index (χ3v) is 3.18. The quantitative estimate of drug-likeness (QED) is 0.521. The molecule has 0 fully saturated rings. The Hall–Kier alpha value is -1.90. The summed E-state index contributed by atoms with van der Waals surface area (Å²) >= 11 is 1.96. The second-order valence-corrected chi connectivity index (χ2v) is 4.61. The van der Waals surface area contributed by atoms with Crippen molar-refractivity contribution in [2.75, 3.05) is 5.43 Å². The lowest BCUT2D eigenvalue weighted by atomic mass is 10.2. The molecule has 0 bridgehead atoms. The Bertz CT molecular complexity index is 596. The first-order valence-electron chi connectivity index (χ1n) is 4.96. The fourth-order valence-electron chi connectivity index (χ4n) is 1.39. The average Bonchev–Trinajstić information content (AvgIpc) is 2.81. The molecule has 1 aromatic heterocycles. The summed E-state index contributed by atoms with van der Waals surface area (Å²) in [6, 6.07) is 7.70. The normalized spacial score (nSPS) is 10.1. The number of nitro benzene ring substituents is 1. The molecule has 0 saturated carbocycles. The molecule has 7 heteroatoms. The molecule has 6 nitrogen and oxygen atoms in total. The number of halogens is 1. The van der Waals surface area contributed by atoms with Crippen LogP contribution in [0.3, 0.4) is 0 Å². The molecule has 0 radical (unpaired) electrons. The number of hydrogen-bond acceptors (Lipinski definition) is 3. The fraction of sp³-hybridized carbons (Fsp3) is 0. The van der Waals surface area contributed by atoms with Crippen LogP contribution in [0.1, 0.15) is 10.4 Å². The van der Waals surface area contributed by atoms with E-state index in [2.05, 4.69) is 5.43 Å². The number of nitrogens with zero attached hydrogens (tertiary/aromatic N) is 2. The van der Waals surface area contributed by atoms with Gasteiger partial charge in [-0.2, -0.15) is 0 Å². The third kappa shape index (κ3) is 2.67. The van der Waals surface area contributed by atoms with E-state index >= 15 is 0 Å². The van der Waals surface area contributed by atoms with Crippen LogP contribution in [0.4, 0.5) is 5.69 Å². The van der Waals surface area contributed by atoms with E-state index in [1.54, 1.807) is 30.6 Å². The van der Waals surface area contributed by atoms with E-state index in [0.29, 0.717) is 3.57 Å². The molecule has 2 rings (SSSR count). The SMILES string of the molecule is O=C(Nn1cccc1)c1cc([N+](=O)[O-])ccc1I. The van der Waals surface area contributed by atoms with Crippen molar-refractivity contribution in [2.45, 2.75) is 0 Å². The lowest BCUT2D eigenvalue weighted by Gasteiger charge is -2.07. The van der Waals surface area contributed by atoms with Crippen LogP contribution >= 0.6 is 22.6 Å². The molecule has 2 aromatic rings. The van der Waals surface area contributed by atoms with Gasteiger partial charge < -0.3 is 0 Å². The van der Waals surface area contributed by atoms with E-state index in [4.69, 9.17) is 0 Å². The van der Waals surface area contributed by atoms with Gasteiger partial charge in [0.25, 0.3) is 11.6 Å². The highest BCUT2D eigenvalue weighted by atomic mass is 127. The summed E-state index contributed by atoms with van der Waals surface area (Å²) in [4.78, 5) is 22.1. The van der Waals surface area contributed by atoms with Gasteiger partial charge in [0.1, 0.15) is 0 Å². The van der Waals surface area contributed by atoms with Crippen molar-refractivity contribution in [1.29, 1.82) is 0 Å². The molecule has 18 heavy (non-hydrogen) atoms. The maximum atomic E-state index is 11.9. The Morgan fingerprint density at radius 3 is 2.61 bits per heavy atom. The van der Waals surface area contributed by atoms with Gasteiger partial charge in [0.05, 0.1) is 10.5 Å². The van der Waals surface area contributed by atoms with Crippen LogP contribution < -0.4 is 5.43 Å². The number of nitrogens with one attached hydrogen (secondary N) is 1. The first-order valence-corrected chi connectivity index (χ1v) is 6.04. The number of benzene rings is 1. The predicted octanol–water partition coefficient (Wildman–Crippen LogP) is 2.38. The van der Waals surface area contributed by atoms with Crippen LogP contribution in [-0.4, -0.2) is 15.5 Å². The van der Waals surface area contributed by atoms with E-state index in [1.165, 1.54) is 16.8 Å². The monoisotopic (exact) mass is 357 g/mol. The van der Waals surface area contributed by atoms with Crippen LogP contribution in [0.5, 0.6) is 0 Å². The number of non-ortho nitro benzene ring substituents is 1. The summed E-state index contributed by atoms with van der Waals surface area (Å²) in [7, 11) is 0. The molecule has 1 amide bonds. The van der Waals surface area contributed by atoms with Gasteiger partial charge in [-0.15, -0.1) is 0 Å². The van der Waals surface area contributed by atoms with Crippen molar-refractivity contribution < 1.29 is 9.72 Å². The second-order valence-electron chi connectivity index (χ2n) is 3.45. The maximum absolute atomic E-state index is 11.9. The summed E-state index contributed by atoms with van der Waals surface area (Å²) in [5.74, 6) is -0.390. The van der Waals surface area contributed by atoms with E-state index in [-0.39, 0.29) is 17.2 Å². The molecule has 0 atom stereocenters. The summed E-state index contributed by atoms with van der Waals surface area (Å²) in [6.07, 6.45) is 3.34. The van der Waals surface area contributed by atoms with Crippen molar-refractivity contribution in [2.24, 2.45) is 0 Å². The van der Waals surface area contributed by atoms with Gasteiger partial charge in [0, 0.05) is 28.1 Å². The number of amides is 1. The minimum atomic E-state index is -0.525. The van der Waals surface area contributed by atoms with Crippen LogP contribution in [0.25, 0.3) is 0 Å². The molecule has 0 aliphatic rings. The molecular weight excluding hydrogens is 349 g/mol. The van der Waals surface area contributed by atoms with Gasteiger partial charge in [0.2, 0.25) is 0 Å². The molecule has 0 aliphatic heterocycles. The molecule has 92 valence electrons. The molecule has 1 aromatic carbocycles. The van der Waals surface area contributed by atoms with Gasteiger partial charge in [0.15, 0.2) is 0 Å². The van der Waals surface area contributed by atoms with Crippen molar-refractivity contribution in [3.8, 4) is 0 Å². The Labute approximate surface area is 116 Å². The predicted molar refractivity (Wildman–Crippen MR) is 73.9 cm³/mol. The average molecular weight is 357 g/mol. The number of aromatic nitrogens is 1. The van der Waals surface area contributed by atoms with Crippen LogP contribution in [-0.2, 0) is 0 Å². The minimum Gasteiger partial charge on any atom is -0.268 e. The van der Waals surface area contributed by atoms with Gasteiger partial charge in [-0.05, 0) is 40.8 Å². The van der Waals surface area contributed by atoms with Gasteiger partial charge >= 0.3 is 0 Å². The first-order chi connectivity index (χ1) is 8.58. The Morgan fingerprint density at radius 2 is 2.00 bits per heavy atom. The van der Waals surface area contributed by atoms with E-state index in [1.807, 2.05) is 22.6 Å². The third-order valence-electron chi connectivity index (χ3n) is 2.24. The zero-order valence-electron chi connectivity index (χ0n) is 9.04. The number of rotatable bonds is 3. The van der Waals surface area contributed by atoms with Gasteiger partial charge in [-0.3, -0.25) is 25.0 Å². The van der Waals surface area contributed by atoms with Crippen LogP contribution in [0, 0.1) is 13.7 Å². The van der Waals surface area contributed by atoms with Crippen molar-refractivity contribution in [3.63, 3.8) is 0 Å². The van der Waals surface area contributed by atoms with E-state index in [9.17, 15) is 14.9 Å². The second kappa shape index (κ2) is 5.17. The van der Waals surface area contributed by atoms with Crippen LogP contribution in [0.2, 0.25) is 0 Å². The molecule has 0 saturated heterocycles. The molecular formula is C11H8IN3O3. The smallest absolute Gasteiger partial charge is 0.268 e. The maximum Gasteiger partial charge on any atom is 0.271 e. The topological polar surface area (TPSA) is 77.2 Å². The molecule has 1 heterocycles. The van der Waals surface area contributed by atoms with E-state index < -0.39 is 4.92 Å². The Kier molecular flexibility index (Phi) is 3.60. The fourth-order valence-corrected chi connectivity index (χ4v) is 1.97. The number of hydrogen-bond donors (Lipinski definition) is 1. The van der Waals surface area contributed by atoms with Crippen molar-refractivity contribution >= 4 is 34.2 Å². The standard InChI is InChI=1S/C11H8IN3O3/c12-10-4-3-8(15(17)18)7-9(10)11(16)13-14-5-1-2-6-14/h1-7H,(H,13,16). The first kappa shape index (κ1) is 12.6. The number of carbonyl (C=O) groups excluding carboxylic acids is 1. The Balaban J connectivity index is 2.29. The summed E-state index contributed by atoms with van der Waals surface area (Å²) in [5, 5.41) is 10.7. The zero-order valence-corrected chi connectivity index (χ0v) is 11.2. The lowest BCUT2D eigenvalue weighted by molar-refractivity contribution is -0.384. The Morgan fingerprint density at radius 1 is 1.33 bits per heavy atom. The molecule has 1 N–H and O–H groups in total. The molecule has 0 aliphatic carbocycles. The van der Waals surface area contributed by atoms with Crippen molar-refractivity contribution in [3.05, 3.63) is 62.0 Å². The zero-order chi connectivity index (χ0) is 13.1. The van der Waals surface area contributed by atoms with Gasteiger partial charge in [-0.1, -0.05) is 0 Å². The number of carbonyl (C=O) groups is 1. The summed E-state index contributed by atoms with van der Waals surface area (Å²) in [5.41, 5.74) is 2.77. The molecule has 0 unspecified atom stereocenters. The summed E-state index contributed by atoms with van der Waals surface area (Å²) in [6.45, 7) is 0. The molecule has 0 spiro atoms. The highest BCUT2D eigenvalue weighted by molar-refractivity contribution is 14.1.